The van der Waals surface area contributed by atoms with Crippen molar-refractivity contribution in [2.45, 2.75) is 0 Å². The molecule has 0 radical (unpaired) electrons. The van der Waals surface area contributed by atoms with Crippen LogP contribution in [0.2, 0.25) is 0 Å². The number of halogens is 1. The summed E-state index contributed by atoms with van der Waals surface area (Å²) in [7, 11) is 1.38. The SMILES string of the molecule is CN(CC(=O)O)C(=O)c1cnc2c(F)cccc2c1. The number of carbonyl (C=O) groups is 2. The highest BCUT2D eigenvalue weighted by molar-refractivity contribution is 5.98. The van der Waals surface area contributed by atoms with Gasteiger partial charge in [0.25, 0.3) is 5.91 Å². The van der Waals surface area contributed by atoms with Gasteiger partial charge in [0, 0.05) is 18.6 Å². The van der Waals surface area contributed by atoms with Gasteiger partial charge in [0.2, 0.25) is 0 Å². The molecule has 0 unspecified atom stereocenters. The minimum Gasteiger partial charge on any atom is -0.480 e. The van der Waals surface area contributed by atoms with Gasteiger partial charge in [0.15, 0.2) is 0 Å². The number of nitrogens with zero attached hydrogens (tertiary/aromatic N) is 2. The topological polar surface area (TPSA) is 70.5 Å². The molecule has 6 heteroatoms. The molecule has 0 saturated heterocycles. The summed E-state index contributed by atoms with van der Waals surface area (Å²) in [4.78, 5) is 27.4. The van der Waals surface area contributed by atoms with E-state index < -0.39 is 24.2 Å². The third-order valence-electron chi connectivity index (χ3n) is 2.63. The average molecular weight is 262 g/mol. The van der Waals surface area contributed by atoms with Crippen LogP contribution < -0.4 is 0 Å². The number of rotatable bonds is 3. The van der Waals surface area contributed by atoms with Gasteiger partial charge in [-0.2, -0.15) is 0 Å². The molecule has 1 amide bonds. The van der Waals surface area contributed by atoms with Crippen LogP contribution in [0.5, 0.6) is 0 Å². The fourth-order valence-corrected chi connectivity index (χ4v) is 1.74. The number of amides is 1. The van der Waals surface area contributed by atoms with E-state index in [0.29, 0.717) is 5.39 Å². The van der Waals surface area contributed by atoms with Crippen molar-refractivity contribution in [1.82, 2.24) is 9.88 Å². The highest BCUT2D eigenvalue weighted by Crippen LogP contribution is 2.17. The van der Waals surface area contributed by atoms with E-state index >= 15 is 0 Å². The third kappa shape index (κ3) is 2.67. The van der Waals surface area contributed by atoms with E-state index in [1.807, 2.05) is 0 Å². The Morgan fingerprint density at radius 1 is 1.42 bits per heavy atom. The van der Waals surface area contributed by atoms with Gasteiger partial charge < -0.3 is 10.0 Å². The molecule has 5 nitrogen and oxygen atoms in total. The van der Waals surface area contributed by atoms with Crippen LogP contribution in [0.4, 0.5) is 4.39 Å². The Morgan fingerprint density at radius 2 is 2.16 bits per heavy atom. The molecule has 0 aliphatic heterocycles. The summed E-state index contributed by atoms with van der Waals surface area (Å²) in [6, 6.07) is 5.94. The fraction of sp³-hybridized carbons (Fsp3) is 0.154. The number of likely N-dealkylation sites (N-methyl/N-ethyl adjacent to an activating group) is 1. The van der Waals surface area contributed by atoms with Crippen molar-refractivity contribution in [2.24, 2.45) is 0 Å². The van der Waals surface area contributed by atoms with Crippen molar-refractivity contribution in [2.75, 3.05) is 13.6 Å². The monoisotopic (exact) mass is 262 g/mol. The zero-order chi connectivity index (χ0) is 14.0. The molecule has 0 atom stereocenters. The second-order valence-corrected chi connectivity index (χ2v) is 4.09. The second-order valence-electron chi connectivity index (χ2n) is 4.09. The molecule has 0 bridgehead atoms. The number of carboxylic acids is 1. The number of aromatic nitrogens is 1. The maximum atomic E-state index is 13.4. The number of aliphatic carboxylic acids is 1. The molecule has 0 fully saturated rings. The molecule has 0 spiro atoms. The van der Waals surface area contributed by atoms with Crippen LogP contribution in [-0.4, -0.2) is 40.5 Å². The van der Waals surface area contributed by atoms with Gasteiger partial charge in [-0.25, -0.2) is 4.39 Å². The Morgan fingerprint density at radius 3 is 2.84 bits per heavy atom. The number of benzene rings is 1. The van der Waals surface area contributed by atoms with E-state index in [-0.39, 0.29) is 11.1 Å². The first-order valence-corrected chi connectivity index (χ1v) is 5.50. The number of carbonyl (C=O) groups excluding carboxylic acids is 1. The molecular weight excluding hydrogens is 251 g/mol. The molecule has 0 aliphatic carbocycles. The summed E-state index contributed by atoms with van der Waals surface area (Å²) in [5.74, 6) is -2.04. The lowest BCUT2D eigenvalue weighted by Crippen LogP contribution is -2.31. The molecule has 0 aliphatic rings. The van der Waals surface area contributed by atoms with Crippen LogP contribution in [-0.2, 0) is 4.79 Å². The van der Waals surface area contributed by atoms with Crippen molar-refractivity contribution < 1.29 is 19.1 Å². The van der Waals surface area contributed by atoms with Gasteiger partial charge in [-0.1, -0.05) is 12.1 Å². The van der Waals surface area contributed by atoms with Crippen LogP contribution in [0.3, 0.4) is 0 Å². The number of carboxylic acid groups (broad SMARTS) is 1. The quantitative estimate of drug-likeness (QED) is 0.910. The van der Waals surface area contributed by atoms with Crippen LogP contribution in [0.15, 0.2) is 30.5 Å². The Hall–Kier alpha value is -2.50. The molecule has 1 aromatic carbocycles. The zero-order valence-corrected chi connectivity index (χ0v) is 10.1. The van der Waals surface area contributed by atoms with E-state index in [2.05, 4.69) is 4.98 Å². The predicted molar refractivity (Wildman–Crippen MR) is 66.3 cm³/mol. The normalized spacial score (nSPS) is 10.4. The highest BCUT2D eigenvalue weighted by Gasteiger charge is 2.15. The molecule has 0 saturated carbocycles. The van der Waals surface area contributed by atoms with E-state index in [1.165, 1.54) is 31.4 Å². The first-order valence-electron chi connectivity index (χ1n) is 5.50. The second kappa shape index (κ2) is 5.01. The molecule has 1 aromatic heterocycles. The van der Waals surface area contributed by atoms with Gasteiger partial charge in [-0.3, -0.25) is 14.6 Å². The third-order valence-corrected chi connectivity index (χ3v) is 2.63. The minimum absolute atomic E-state index is 0.180. The van der Waals surface area contributed by atoms with E-state index in [9.17, 15) is 14.0 Å². The fourth-order valence-electron chi connectivity index (χ4n) is 1.74. The van der Waals surface area contributed by atoms with E-state index in [0.717, 1.165) is 4.90 Å². The van der Waals surface area contributed by atoms with Crippen LogP contribution in [0.25, 0.3) is 10.9 Å². The van der Waals surface area contributed by atoms with Crippen molar-refractivity contribution in [3.63, 3.8) is 0 Å². The number of para-hydroxylation sites is 1. The van der Waals surface area contributed by atoms with Crippen LogP contribution in [0, 0.1) is 5.82 Å². The smallest absolute Gasteiger partial charge is 0.323 e. The maximum absolute atomic E-state index is 13.4. The Bertz CT molecular complexity index is 657. The lowest BCUT2D eigenvalue weighted by Gasteiger charge is -2.14. The van der Waals surface area contributed by atoms with Crippen molar-refractivity contribution in [3.05, 3.63) is 41.8 Å². The average Bonchev–Trinajstić information content (AvgIpc) is 2.37. The van der Waals surface area contributed by atoms with E-state index in [1.54, 1.807) is 6.07 Å². The van der Waals surface area contributed by atoms with Gasteiger partial charge >= 0.3 is 5.97 Å². The number of hydrogen-bond donors (Lipinski definition) is 1. The number of fused-ring (bicyclic) bond motifs is 1. The zero-order valence-electron chi connectivity index (χ0n) is 10.1. The summed E-state index contributed by atoms with van der Waals surface area (Å²) in [6.07, 6.45) is 1.24. The summed E-state index contributed by atoms with van der Waals surface area (Å²) in [5.41, 5.74) is 0.404. The number of pyridine rings is 1. The lowest BCUT2D eigenvalue weighted by atomic mass is 10.1. The Balaban J connectivity index is 2.36. The van der Waals surface area contributed by atoms with Crippen molar-refractivity contribution >= 4 is 22.8 Å². The predicted octanol–water partition coefficient (Wildman–Crippen LogP) is 1.53. The Kier molecular flexibility index (Phi) is 3.41. The van der Waals surface area contributed by atoms with E-state index in [4.69, 9.17) is 5.11 Å². The van der Waals surface area contributed by atoms with Crippen molar-refractivity contribution in [3.8, 4) is 0 Å². The molecule has 1 N–H and O–H groups in total. The summed E-state index contributed by atoms with van der Waals surface area (Å²) in [5, 5.41) is 9.12. The first kappa shape index (κ1) is 12.9. The molecule has 2 rings (SSSR count). The van der Waals surface area contributed by atoms with Gasteiger partial charge in [0.1, 0.15) is 17.9 Å². The van der Waals surface area contributed by atoms with Crippen LogP contribution in [0.1, 0.15) is 10.4 Å². The Labute approximate surface area is 108 Å². The standard InChI is InChI=1S/C13H11FN2O3/c1-16(7-11(17)18)13(19)9-5-8-3-2-4-10(14)12(8)15-6-9/h2-6H,7H2,1H3,(H,17,18). The highest BCUT2D eigenvalue weighted by atomic mass is 19.1. The maximum Gasteiger partial charge on any atom is 0.323 e. The first-order chi connectivity index (χ1) is 8.99. The summed E-state index contributed by atoms with van der Waals surface area (Å²) in [6.45, 7) is -0.403. The molecule has 19 heavy (non-hydrogen) atoms. The summed E-state index contributed by atoms with van der Waals surface area (Å²) >= 11 is 0. The minimum atomic E-state index is -1.10. The lowest BCUT2D eigenvalue weighted by molar-refractivity contribution is -0.137. The summed E-state index contributed by atoms with van der Waals surface area (Å²) < 4.78 is 13.4. The molecule has 1 heterocycles. The van der Waals surface area contributed by atoms with Gasteiger partial charge in [-0.15, -0.1) is 0 Å². The largest absolute Gasteiger partial charge is 0.480 e. The van der Waals surface area contributed by atoms with Crippen molar-refractivity contribution in [1.29, 1.82) is 0 Å². The molecule has 98 valence electrons. The van der Waals surface area contributed by atoms with Gasteiger partial charge in [-0.05, 0) is 12.1 Å². The van der Waals surface area contributed by atoms with Crippen LogP contribution >= 0.6 is 0 Å². The molecular formula is C13H11FN2O3. The van der Waals surface area contributed by atoms with Gasteiger partial charge in [0.05, 0.1) is 5.56 Å². The number of hydrogen-bond acceptors (Lipinski definition) is 3. The molecule has 2 aromatic rings.